The predicted octanol–water partition coefficient (Wildman–Crippen LogP) is 2.66. The SMILES string of the molecule is C[C@@H](C1OC(C)(C)OC1(C)C)C(C)(C)C(=O)O. The quantitative estimate of drug-likeness (QED) is 0.829. The zero-order valence-corrected chi connectivity index (χ0v) is 11.8. The Morgan fingerprint density at radius 1 is 1.29 bits per heavy atom. The van der Waals surface area contributed by atoms with Gasteiger partial charge in [0.15, 0.2) is 5.79 Å². The van der Waals surface area contributed by atoms with Gasteiger partial charge in [0, 0.05) is 5.92 Å². The number of hydrogen-bond acceptors (Lipinski definition) is 3. The van der Waals surface area contributed by atoms with Crippen LogP contribution in [-0.2, 0) is 14.3 Å². The van der Waals surface area contributed by atoms with Crippen molar-refractivity contribution in [3.63, 3.8) is 0 Å². The van der Waals surface area contributed by atoms with Crippen LogP contribution < -0.4 is 0 Å². The molecule has 0 amide bonds. The summed E-state index contributed by atoms with van der Waals surface area (Å²) in [6.45, 7) is 13.0. The van der Waals surface area contributed by atoms with Crippen molar-refractivity contribution in [2.45, 2.75) is 66.0 Å². The molecule has 1 aliphatic rings. The largest absolute Gasteiger partial charge is 0.481 e. The van der Waals surface area contributed by atoms with Crippen molar-refractivity contribution < 1.29 is 19.4 Å². The van der Waals surface area contributed by atoms with E-state index in [9.17, 15) is 9.90 Å². The van der Waals surface area contributed by atoms with Crippen LogP contribution in [0.1, 0.15) is 48.5 Å². The molecule has 4 nitrogen and oxygen atoms in total. The monoisotopic (exact) mass is 244 g/mol. The van der Waals surface area contributed by atoms with Gasteiger partial charge in [0.1, 0.15) is 0 Å². The highest BCUT2D eigenvalue weighted by Gasteiger charge is 2.53. The number of carbonyl (C=O) groups is 1. The van der Waals surface area contributed by atoms with E-state index < -0.39 is 22.8 Å². The van der Waals surface area contributed by atoms with Crippen LogP contribution in [0.25, 0.3) is 0 Å². The molecule has 1 fully saturated rings. The minimum Gasteiger partial charge on any atom is -0.481 e. The van der Waals surface area contributed by atoms with Crippen LogP contribution in [0.5, 0.6) is 0 Å². The fourth-order valence-corrected chi connectivity index (χ4v) is 2.44. The Hall–Kier alpha value is -0.610. The van der Waals surface area contributed by atoms with Gasteiger partial charge in [0.25, 0.3) is 0 Å². The standard InChI is InChI=1S/C13H24O4/c1-8(11(2,3)10(14)15)9-12(4,5)17-13(6,7)16-9/h8-9H,1-7H3,(H,14,15)/t8-,9?/m0/s1. The van der Waals surface area contributed by atoms with Crippen molar-refractivity contribution in [2.75, 3.05) is 0 Å². The van der Waals surface area contributed by atoms with E-state index >= 15 is 0 Å². The molecule has 1 unspecified atom stereocenters. The summed E-state index contributed by atoms with van der Waals surface area (Å²) in [7, 11) is 0. The van der Waals surface area contributed by atoms with Crippen LogP contribution in [0.2, 0.25) is 0 Å². The van der Waals surface area contributed by atoms with E-state index in [1.807, 2.05) is 34.6 Å². The molecular formula is C13H24O4. The highest BCUT2D eigenvalue weighted by molar-refractivity contribution is 5.74. The molecule has 0 aliphatic carbocycles. The molecule has 1 aliphatic heterocycles. The molecule has 0 aromatic carbocycles. The molecule has 1 saturated heterocycles. The van der Waals surface area contributed by atoms with E-state index in [1.165, 1.54) is 0 Å². The Balaban J connectivity index is 2.98. The molecule has 17 heavy (non-hydrogen) atoms. The van der Waals surface area contributed by atoms with Gasteiger partial charge in [0.05, 0.1) is 17.1 Å². The number of carboxylic acid groups (broad SMARTS) is 1. The first-order chi connectivity index (χ1) is 7.40. The number of rotatable bonds is 3. The van der Waals surface area contributed by atoms with Crippen molar-refractivity contribution in [3.8, 4) is 0 Å². The lowest BCUT2D eigenvalue weighted by Gasteiger charge is -2.36. The Morgan fingerprint density at radius 2 is 1.76 bits per heavy atom. The zero-order valence-electron chi connectivity index (χ0n) is 11.8. The van der Waals surface area contributed by atoms with E-state index in [1.54, 1.807) is 13.8 Å². The van der Waals surface area contributed by atoms with Crippen molar-refractivity contribution in [1.29, 1.82) is 0 Å². The average Bonchev–Trinajstić information content (AvgIpc) is 2.32. The summed E-state index contributed by atoms with van der Waals surface area (Å²) < 4.78 is 11.7. The minimum absolute atomic E-state index is 0.142. The molecule has 4 heteroatoms. The van der Waals surface area contributed by atoms with Gasteiger partial charge in [-0.05, 0) is 41.5 Å². The fraction of sp³-hybridized carbons (Fsp3) is 0.923. The van der Waals surface area contributed by atoms with Crippen molar-refractivity contribution in [1.82, 2.24) is 0 Å². The van der Waals surface area contributed by atoms with Crippen molar-refractivity contribution >= 4 is 5.97 Å². The van der Waals surface area contributed by atoms with Gasteiger partial charge >= 0.3 is 5.97 Å². The average molecular weight is 244 g/mol. The maximum Gasteiger partial charge on any atom is 0.309 e. The van der Waals surface area contributed by atoms with Crippen LogP contribution in [-0.4, -0.2) is 28.6 Å². The third-order valence-electron chi connectivity index (χ3n) is 3.75. The second kappa shape index (κ2) is 3.95. The third-order valence-corrected chi connectivity index (χ3v) is 3.75. The Labute approximate surface area is 103 Å². The highest BCUT2D eigenvalue weighted by Crippen LogP contribution is 2.44. The topological polar surface area (TPSA) is 55.8 Å². The first-order valence-corrected chi connectivity index (χ1v) is 6.01. The van der Waals surface area contributed by atoms with Gasteiger partial charge in [-0.15, -0.1) is 0 Å². The predicted molar refractivity (Wildman–Crippen MR) is 64.7 cm³/mol. The highest BCUT2D eigenvalue weighted by atomic mass is 16.8. The normalized spacial score (nSPS) is 29.0. The smallest absolute Gasteiger partial charge is 0.309 e. The molecular weight excluding hydrogens is 220 g/mol. The number of carboxylic acids is 1. The van der Waals surface area contributed by atoms with Crippen molar-refractivity contribution in [2.24, 2.45) is 11.3 Å². The van der Waals surface area contributed by atoms with Crippen LogP contribution in [0.15, 0.2) is 0 Å². The molecule has 100 valence electrons. The van der Waals surface area contributed by atoms with Gasteiger partial charge in [-0.1, -0.05) is 6.92 Å². The Bertz CT molecular complexity index is 317. The van der Waals surface area contributed by atoms with Gasteiger partial charge in [-0.2, -0.15) is 0 Å². The first kappa shape index (κ1) is 14.5. The first-order valence-electron chi connectivity index (χ1n) is 6.01. The lowest BCUT2D eigenvalue weighted by molar-refractivity contribution is -0.166. The van der Waals surface area contributed by atoms with Crippen LogP contribution in [0, 0.1) is 11.3 Å². The number of hydrogen-bond donors (Lipinski definition) is 1. The molecule has 0 saturated carbocycles. The van der Waals surface area contributed by atoms with E-state index in [-0.39, 0.29) is 12.0 Å². The molecule has 2 atom stereocenters. The van der Waals surface area contributed by atoms with Crippen molar-refractivity contribution in [3.05, 3.63) is 0 Å². The molecule has 1 N–H and O–H groups in total. The summed E-state index contributed by atoms with van der Waals surface area (Å²) in [6.07, 6.45) is -0.233. The fourth-order valence-electron chi connectivity index (χ4n) is 2.44. The van der Waals surface area contributed by atoms with Gasteiger partial charge < -0.3 is 14.6 Å². The van der Waals surface area contributed by atoms with Crippen LogP contribution >= 0.6 is 0 Å². The Kier molecular flexibility index (Phi) is 3.36. The molecule has 0 spiro atoms. The van der Waals surface area contributed by atoms with E-state index in [4.69, 9.17) is 9.47 Å². The number of ether oxygens (including phenoxy) is 2. The van der Waals surface area contributed by atoms with E-state index in [2.05, 4.69) is 0 Å². The number of aliphatic carboxylic acids is 1. The summed E-state index contributed by atoms with van der Waals surface area (Å²) in [4.78, 5) is 11.3. The van der Waals surface area contributed by atoms with Crippen LogP contribution in [0.4, 0.5) is 0 Å². The maximum atomic E-state index is 11.3. The lowest BCUT2D eigenvalue weighted by atomic mass is 9.73. The summed E-state index contributed by atoms with van der Waals surface area (Å²) in [5.41, 5.74) is -1.32. The van der Waals surface area contributed by atoms with Gasteiger partial charge in [-0.3, -0.25) is 4.79 Å². The molecule has 0 radical (unpaired) electrons. The summed E-state index contributed by atoms with van der Waals surface area (Å²) >= 11 is 0. The molecule has 0 bridgehead atoms. The lowest BCUT2D eigenvalue weighted by Crippen LogP contribution is -2.46. The third kappa shape index (κ3) is 2.63. The molecule has 1 heterocycles. The van der Waals surface area contributed by atoms with Gasteiger partial charge in [-0.25, -0.2) is 0 Å². The van der Waals surface area contributed by atoms with E-state index in [0.29, 0.717) is 0 Å². The van der Waals surface area contributed by atoms with Crippen LogP contribution in [0.3, 0.4) is 0 Å². The molecule has 0 aromatic heterocycles. The van der Waals surface area contributed by atoms with E-state index in [0.717, 1.165) is 0 Å². The summed E-state index contributed by atoms with van der Waals surface area (Å²) in [6, 6.07) is 0. The second-order valence-corrected chi connectivity index (χ2v) is 6.46. The summed E-state index contributed by atoms with van der Waals surface area (Å²) in [5.74, 6) is -1.61. The summed E-state index contributed by atoms with van der Waals surface area (Å²) in [5, 5.41) is 9.28. The Morgan fingerprint density at radius 3 is 2.06 bits per heavy atom. The second-order valence-electron chi connectivity index (χ2n) is 6.46. The molecule has 0 aromatic rings. The van der Waals surface area contributed by atoms with Gasteiger partial charge in [0.2, 0.25) is 0 Å². The minimum atomic E-state index is -0.842. The maximum absolute atomic E-state index is 11.3. The molecule has 1 rings (SSSR count). The zero-order chi connectivity index (χ0) is 13.6.